The predicted octanol–water partition coefficient (Wildman–Crippen LogP) is 3.09. The first-order valence-corrected chi connectivity index (χ1v) is 7.55. The summed E-state index contributed by atoms with van der Waals surface area (Å²) in [5.41, 5.74) is 1.07. The lowest BCUT2D eigenvalue weighted by molar-refractivity contribution is 0.110. The fourth-order valence-electron chi connectivity index (χ4n) is 3.58. The van der Waals surface area contributed by atoms with E-state index in [2.05, 4.69) is 22.0 Å². The van der Waals surface area contributed by atoms with Crippen LogP contribution in [0.5, 0.6) is 0 Å². The van der Waals surface area contributed by atoms with E-state index in [-0.39, 0.29) is 6.10 Å². The van der Waals surface area contributed by atoms with Crippen LogP contribution < -0.4 is 0 Å². The third kappa shape index (κ3) is 2.61. The Morgan fingerprint density at radius 3 is 2.56 bits per heavy atom. The highest BCUT2D eigenvalue weighted by Crippen LogP contribution is 2.30. The molecule has 1 heterocycles. The van der Waals surface area contributed by atoms with Gasteiger partial charge in [0.1, 0.15) is 0 Å². The number of rotatable bonds is 4. The average Bonchev–Trinajstić information content (AvgIpc) is 3.12. The number of aromatic nitrogens is 2. The molecule has 2 fully saturated rings. The van der Waals surface area contributed by atoms with Crippen LogP contribution in [0.4, 0.5) is 0 Å². The second-order valence-electron chi connectivity index (χ2n) is 6.04. The summed E-state index contributed by atoms with van der Waals surface area (Å²) in [5.74, 6) is 0.515. The molecule has 0 amide bonds. The Hall–Kier alpha value is -0.830. The molecule has 0 spiro atoms. The summed E-state index contributed by atoms with van der Waals surface area (Å²) in [7, 11) is 0. The second kappa shape index (κ2) is 5.43. The summed E-state index contributed by atoms with van der Waals surface area (Å²) < 4.78 is 2.13. The first-order valence-electron chi connectivity index (χ1n) is 7.55. The minimum absolute atomic E-state index is 0.181. The standard InChI is InChI=1S/C15H24N2O/c18-15(12-5-1-2-6-12)11-13-9-10-17(16-13)14-7-3-4-8-14/h9-10,12,14-15,18H,1-8,11H2. The van der Waals surface area contributed by atoms with E-state index >= 15 is 0 Å². The minimum atomic E-state index is -0.181. The van der Waals surface area contributed by atoms with Crippen LogP contribution in [0.3, 0.4) is 0 Å². The zero-order chi connectivity index (χ0) is 12.4. The van der Waals surface area contributed by atoms with Crippen molar-refractivity contribution in [2.45, 2.75) is 69.9 Å². The van der Waals surface area contributed by atoms with Crippen LogP contribution in [0.1, 0.15) is 63.1 Å². The molecular formula is C15H24N2O. The van der Waals surface area contributed by atoms with Gasteiger partial charge in [-0.15, -0.1) is 0 Å². The van der Waals surface area contributed by atoms with Gasteiger partial charge in [0.25, 0.3) is 0 Å². The first-order chi connectivity index (χ1) is 8.83. The SMILES string of the molecule is OC(Cc1ccn(C2CCCC2)n1)C1CCCC1. The highest BCUT2D eigenvalue weighted by molar-refractivity contribution is 5.02. The Labute approximate surface area is 109 Å². The van der Waals surface area contributed by atoms with Gasteiger partial charge in [0, 0.05) is 12.6 Å². The predicted molar refractivity (Wildman–Crippen MR) is 71.4 cm³/mol. The summed E-state index contributed by atoms with van der Waals surface area (Å²) >= 11 is 0. The number of aliphatic hydroxyl groups excluding tert-OH is 1. The van der Waals surface area contributed by atoms with Gasteiger partial charge in [-0.1, -0.05) is 25.7 Å². The van der Waals surface area contributed by atoms with Crippen molar-refractivity contribution in [1.29, 1.82) is 0 Å². The van der Waals surface area contributed by atoms with E-state index in [0.29, 0.717) is 12.0 Å². The van der Waals surface area contributed by atoms with Gasteiger partial charge in [-0.05, 0) is 37.7 Å². The van der Waals surface area contributed by atoms with Gasteiger partial charge in [0.15, 0.2) is 0 Å². The van der Waals surface area contributed by atoms with Crippen LogP contribution in [0.2, 0.25) is 0 Å². The molecule has 0 aromatic carbocycles. The Kier molecular flexibility index (Phi) is 3.69. The van der Waals surface area contributed by atoms with Crippen molar-refractivity contribution < 1.29 is 5.11 Å². The quantitative estimate of drug-likeness (QED) is 0.889. The molecular weight excluding hydrogens is 224 g/mol. The van der Waals surface area contributed by atoms with Crippen LogP contribution in [-0.2, 0) is 6.42 Å². The Morgan fingerprint density at radius 1 is 1.17 bits per heavy atom. The molecule has 1 aromatic heterocycles. The van der Waals surface area contributed by atoms with Crippen molar-refractivity contribution in [3.8, 4) is 0 Å². The summed E-state index contributed by atoms with van der Waals surface area (Å²) in [6.45, 7) is 0. The van der Waals surface area contributed by atoms with Crippen LogP contribution in [-0.4, -0.2) is 21.0 Å². The molecule has 0 saturated heterocycles. The number of aliphatic hydroxyl groups is 1. The van der Waals surface area contributed by atoms with E-state index in [9.17, 15) is 5.11 Å². The van der Waals surface area contributed by atoms with E-state index in [1.54, 1.807) is 0 Å². The van der Waals surface area contributed by atoms with Crippen LogP contribution >= 0.6 is 0 Å². The monoisotopic (exact) mass is 248 g/mol. The molecule has 1 unspecified atom stereocenters. The fraction of sp³-hybridized carbons (Fsp3) is 0.800. The maximum Gasteiger partial charge on any atom is 0.0650 e. The van der Waals surface area contributed by atoms with Crippen LogP contribution in [0.15, 0.2) is 12.3 Å². The van der Waals surface area contributed by atoms with Gasteiger partial charge in [0.2, 0.25) is 0 Å². The van der Waals surface area contributed by atoms with Gasteiger partial charge in [-0.3, -0.25) is 4.68 Å². The Balaban J connectivity index is 1.58. The molecule has 0 bridgehead atoms. The van der Waals surface area contributed by atoms with Gasteiger partial charge in [-0.25, -0.2) is 0 Å². The summed E-state index contributed by atoms with van der Waals surface area (Å²) in [5, 5.41) is 14.9. The molecule has 2 saturated carbocycles. The molecule has 0 aliphatic heterocycles. The highest BCUT2D eigenvalue weighted by Gasteiger charge is 2.24. The molecule has 0 radical (unpaired) electrons. The topological polar surface area (TPSA) is 38.0 Å². The van der Waals surface area contributed by atoms with Gasteiger partial charge in [0.05, 0.1) is 17.8 Å². The van der Waals surface area contributed by atoms with E-state index in [1.165, 1.54) is 51.4 Å². The first kappa shape index (κ1) is 12.2. The number of hydrogen-bond donors (Lipinski definition) is 1. The number of hydrogen-bond acceptors (Lipinski definition) is 2. The molecule has 1 N–H and O–H groups in total. The van der Waals surface area contributed by atoms with Gasteiger partial charge < -0.3 is 5.11 Å². The van der Waals surface area contributed by atoms with Crippen LogP contribution in [0, 0.1) is 5.92 Å². The van der Waals surface area contributed by atoms with Crippen LogP contribution in [0.25, 0.3) is 0 Å². The third-order valence-electron chi connectivity index (χ3n) is 4.72. The zero-order valence-corrected chi connectivity index (χ0v) is 11.1. The molecule has 3 heteroatoms. The average molecular weight is 248 g/mol. The van der Waals surface area contributed by atoms with Crippen molar-refractivity contribution in [1.82, 2.24) is 9.78 Å². The van der Waals surface area contributed by atoms with E-state index < -0.39 is 0 Å². The molecule has 1 atom stereocenters. The minimum Gasteiger partial charge on any atom is -0.392 e. The summed E-state index contributed by atoms with van der Waals surface area (Å²) in [6, 6.07) is 2.71. The van der Waals surface area contributed by atoms with Gasteiger partial charge in [-0.2, -0.15) is 5.10 Å². The third-order valence-corrected chi connectivity index (χ3v) is 4.72. The maximum atomic E-state index is 10.2. The highest BCUT2D eigenvalue weighted by atomic mass is 16.3. The Morgan fingerprint density at radius 2 is 1.83 bits per heavy atom. The Bertz CT molecular complexity index is 376. The fourth-order valence-corrected chi connectivity index (χ4v) is 3.58. The van der Waals surface area contributed by atoms with Crippen molar-refractivity contribution in [3.05, 3.63) is 18.0 Å². The molecule has 100 valence electrons. The van der Waals surface area contributed by atoms with Crippen molar-refractivity contribution in [2.24, 2.45) is 5.92 Å². The molecule has 18 heavy (non-hydrogen) atoms. The smallest absolute Gasteiger partial charge is 0.0650 e. The van der Waals surface area contributed by atoms with E-state index in [4.69, 9.17) is 0 Å². The summed E-state index contributed by atoms with van der Waals surface area (Å²) in [4.78, 5) is 0. The maximum absolute atomic E-state index is 10.2. The molecule has 3 nitrogen and oxygen atoms in total. The van der Waals surface area contributed by atoms with Crippen molar-refractivity contribution in [3.63, 3.8) is 0 Å². The lowest BCUT2D eigenvalue weighted by Crippen LogP contribution is -2.20. The summed E-state index contributed by atoms with van der Waals surface area (Å²) in [6.07, 6.45) is 12.9. The molecule has 1 aromatic rings. The lowest BCUT2D eigenvalue weighted by atomic mass is 9.97. The van der Waals surface area contributed by atoms with E-state index in [1.807, 2.05) is 0 Å². The zero-order valence-electron chi connectivity index (χ0n) is 11.1. The largest absolute Gasteiger partial charge is 0.392 e. The van der Waals surface area contributed by atoms with E-state index in [0.717, 1.165) is 12.1 Å². The van der Waals surface area contributed by atoms with Crippen molar-refractivity contribution >= 4 is 0 Å². The second-order valence-corrected chi connectivity index (χ2v) is 6.04. The molecule has 3 rings (SSSR count). The normalized spacial score (nSPS) is 23.8. The number of nitrogens with zero attached hydrogens (tertiary/aromatic N) is 2. The molecule has 2 aliphatic rings. The van der Waals surface area contributed by atoms with Crippen molar-refractivity contribution in [2.75, 3.05) is 0 Å². The van der Waals surface area contributed by atoms with Gasteiger partial charge >= 0.3 is 0 Å². The molecule has 2 aliphatic carbocycles. The lowest BCUT2D eigenvalue weighted by Gasteiger charge is -2.16.